The van der Waals surface area contributed by atoms with Crippen LogP contribution < -0.4 is 0 Å². The molecule has 0 saturated heterocycles. The molecule has 0 unspecified atom stereocenters. The first-order valence-corrected chi connectivity index (χ1v) is 3.17. The lowest BCUT2D eigenvalue weighted by atomic mass is 10.5. The van der Waals surface area contributed by atoms with Crippen molar-refractivity contribution in [2.75, 3.05) is 0 Å². The molecule has 2 nitrogen and oxygen atoms in total. The van der Waals surface area contributed by atoms with Gasteiger partial charge in [0.15, 0.2) is 0 Å². The van der Waals surface area contributed by atoms with Gasteiger partial charge in [-0.05, 0) is 19.0 Å². The van der Waals surface area contributed by atoms with Crippen molar-refractivity contribution in [3.05, 3.63) is 12.8 Å². The second-order valence-electron chi connectivity index (χ2n) is 2.34. The predicted molar refractivity (Wildman–Crippen MR) is 35.7 cm³/mol. The third-order valence-electron chi connectivity index (χ3n) is 1.50. The molecule has 1 aliphatic rings. The lowest BCUT2D eigenvalue weighted by Crippen LogP contribution is -2.24. The summed E-state index contributed by atoms with van der Waals surface area (Å²) in [5, 5.41) is 0. The fraction of sp³-hybridized carbons (Fsp3) is 0.571. The van der Waals surface area contributed by atoms with Gasteiger partial charge in [-0.15, -0.1) is 0 Å². The van der Waals surface area contributed by atoms with Gasteiger partial charge in [-0.25, -0.2) is 0 Å². The molecule has 0 atom stereocenters. The first-order valence-electron chi connectivity index (χ1n) is 3.17. The number of hydrogen-bond acceptors (Lipinski definition) is 1. The van der Waals surface area contributed by atoms with Crippen LogP contribution in [0.3, 0.4) is 0 Å². The van der Waals surface area contributed by atoms with E-state index >= 15 is 0 Å². The summed E-state index contributed by atoms with van der Waals surface area (Å²) in [5.41, 5.74) is 0. The van der Waals surface area contributed by atoms with Gasteiger partial charge >= 0.3 is 0 Å². The molecule has 0 aliphatic heterocycles. The molecule has 0 heterocycles. The summed E-state index contributed by atoms with van der Waals surface area (Å²) >= 11 is 0. The van der Waals surface area contributed by atoms with Gasteiger partial charge in [-0.1, -0.05) is 6.58 Å². The van der Waals surface area contributed by atoms with Crippen molar-refractivity contribution in [3.8, 4) is 0 Å². The lowest BCUT2D eigenvalue weighted by Gasteiger charge is -2.13. The summed E-state index contributed by atoms with van der Waals surface area (Å²) in [6.07, 6.45) is 3.90. The van der Waals surface area contributed by atoms with Crippen molar-refractivity contribution < 1.29 is 4.79 Å². The summed E-state index contributed by atoms with van der Waals surface area (Å²) in [7, 11) is 0. The van der Waals surface area contributed by atoms with Gasteiger partial charge in [-0.3, -0.25) is 4.79 Å². The molecule has 0 radical (unpaired) electrons. The highest BCUT2D eigenvalue weighted by molar-refractivity contribution is 5.75. The van der Waals surface area contributed by atoms with E-state index in [9.17, 15) is 4.79 Å². The molecule has 1 fully saturated rings. The predicted octanol–water partition coefficient (Wildman–Crippen LogP) is 1.14. The zero-order chi connectivity index (χ0) is 6.85. The topological polar surface area (TPSA) is 20.3 Å². The molecule has 0 bridgehead atoms. The van der Waals surface area contributed by atoms with Crippen LogP contribution in [0.1, 0.15) is 19.8 Å². The van der Waals surface area contributed by atoms with Crippen LogP contribution in [0.5, 0.6) is 0 Å². The Hall–Kier alpha value is -0.790. The Morgan fingerprint density at radius 3 is 2.44 bits per heavy atom. The molecule has 0 spiro atoms. The van der Waals surface area contributed by atoms with Crippen LogP contribution in [-0.2, 0) is 4.79 Å². The quantitative estimate of drug-likeness (QED) is 0.542. The normalized spacial score (nSPS) is 17.0. The van der Waals surface area contributed by atoms with E-state index in [1.165, 1.54) is 0 Å². The fourth-order valence-electron chi connectivity index (χ4n) is 0.887. The van der Waals surface area contributed by atoms with Gasteiger partial charge in [0.25, 0.3) is 0 Å². The van der Waals surface area contributed by atoms with Crippen LogP contribution in [0.25, 0.3) is 0 Å². The van der Waals surface area contributed by atoms with Crippen molar-refractivity contribution in [2.24, 2.45) is 0 Å². The van der Waals surface area contributed by atoms with E-state index in [2.05, 4.69) is 6.58 Å². The Morgan fingerprint density at radius 1 is 1.78 bits per heavy atom. The van der Waals surface area contributed by atoms with Crippen LogP contribution in [0.2, 0.25) is 0 Å². The maximum absolute atomic E-state index is 10.7. The van der Waals surface area contributed by atoms with Crippen LogP contribution in [0, 0.1) is 0 Å². The van der Waals surface area contributed by atoms with E-state index in [1.807, 2.05) is 0 Å². The van der Waals surface area contributed by atoms with Crippen LogP contribution in [-0.4, -0.2) is 16.8 Å². The Kier molecular flexibility index (Phi) is 1.56. The molecule has 0 aromatic rings. The van der Waals surface area contributed by atoms with Gasteiger partial charge < -0.3 is 4.90 Å². The highest BCUT2D eigenvalue weighted by Crippen LogP contribution is 2.26. The number of carbonyl (C=O) groups excluding carboxylic acids is 1. The molecule has 0 N–H and O–H groups in total. The Labute approximate surface area is 55.2 Å². The summed E-state index contributed by atoms with van der Waals surface area (Å²) in [6, 6.07) is 0.472. The summed E-state index contributed by atoms with van der Waals surface area (Å²) in [5.74, 6) is 0.104. The van der Waals surface area contributed by atoms with Gasteiger partial charge in [0, 0.05) is 13.0 Å². The first-order chi connectivity index (χ1) is 4.25. The van der Waals surface area contributed by atoms with Crippen LogP contribution >= 0.6 is 0 Å². The smallest absolute Gasteiger partial charge is 0.223 e. The summed E-state index contributed by atoms with van der Waals surface area (Å²) < 4.78 is 0. The number of hydrogen-bond donors (Lipinski definition) is 0. The van der Waals surface area contributed by atoms with Crippen molar-refractivity contribution in [3.63, 3.8) is 0 Å². The first kappa shape index (κ1) is 6.33. The molecule has 0 aromatic heterocycles. The Morgan fingerprint density at radius 2 is 2.33 bits per heavy atom. The number of rotatable bonds is 2. The maximum Gasteiger partial charge on any atom is 0.223 e. The van der Waals surface area contributed by atoms with Gasteiger partial charge in [-0.2, -0.15) is 0 Å². The molecule has 50 valence electrons. The third kappa shape index (κ3) is 1.31. The minimum Gasteiger partial charge on any atom is -0.317 e. The van der Waals surface area contributed by atoms with E-state index in [0.29, 0.717) is 6.04 Å². The standard InChI is InChI=1S/C7H11NO/c1-3-8(6(2)9)7-4-5-7/h3,7H,1,4-5H2,2H3. The van der Waals surface area contributed by atoms with Crippen LogP contribution in [0.15, 0.2) is 12.8 Å². The second kappa shape index (κ2) is 2.21. The minimum atomic E-state index is 0.104. The minimum absolute atomic E-state index is 0.104. The summed E-state index contributed by atoms with van der Waals surface area (Å²) in [6.45, 7) is 5.12. The molecule has 1 rings (SSSR count). The number of carbonyl (C=O) groups is 1. The van der Waals surface area contributed by atoms with Crippen molar-refractivity contribution in [2.45, 2.75) is 25.8 Å². The van der Waals surface area contributed by atoms with E-state index in [1.54, 1.807) is 18.0 Å². The average Bonchev–Trinajstić information content (AvgIpc) is 2.50. The van der Waals surface area contributed by atoms with Gasteiger partial charge in [0.05, 0.1) is 0 Å². The van der Waals surface area contributed by atoms with Crippen molar-refractivity contribution in [1.29, 1.82) is 0 Å². The molecular weight excluding hydrogens is 114 g/mol. The molecule has 1 aliphatic carbocycles. The lowest BCUT2D eigenvalue weighted by molar-refractivity contribution is -0.126. The van der Waals surface area contributed by atoms with E-state index in [0.717, 1.165) is 12.8 Å². The maximum atomic E-state index is 10.7. The van der Waals surface area contributed by atoms with Crippen molar-refractivity contribution >= 4 is 5.91 Å². The zero-order valence-corrected chi connectivity index (χ0v) is 5.63. The Balaban J connectivity index is 2.47. The largest absolute Gasteiger partial charge is 0.317 e. The number of amides is 1. The van der Waals surface area contributed by atoms with Gasteiger partial charge in [0.2, 0.25) is 5.91 Å². The summed E-state index contributed by atoms with van der Waals surface area (Å²) in [4.78, 5) is 12.4. The molecule has 1 saturated carbocycles. The van der Waals surface area contributed by atoms with E-state index in [4.69, 9.17) is 0 Å². The monoisotopic (exact) mass is 125 g/mol. The molecule has 2 heteroatoms. The highest BCUT2D eigenvalue weighted by atomic mass is 16.2. The third-order valence-corrected chi connectivity index (χ3v) is 1.50. The zero-order valence-electron chi connectivity index (χ0n) is 5.63. The highest BCUT2D eigenvalue weighted by Gasteiger charge is 2.28. The molecule has 9 heavy (non-hydrogen) atoms. The second-order valence-corrected chi connectivity index (χ2v) is 2.34. The van der Waals surface area contributed by atoms with E-state index < -0.39 is 0 Å². The number of nitrogens with zero attached hydrogens (tertiary/aromatic N) is 1. The molecular formula is C7H11NO. The van der Waals surface area contributed by atoms with Gasteiger partial charge in [0.1, 0.15) is 0 Å². The fourth-order valence-corrected chi connectivity index (χ4v) is 0.887. The molecule has 0 aromatic carbocycles. The van der Waals surface area contributed by atoms with E-state index in [-0.39, 0.29) is 5.91 Å². The SMILES string of the molecule is C=CN(C(C)=O)C1CC1. The van der Waals surface area contributed by atoms with Crippen LogP contribution in [0.4, 0.5) is 0 Å². The Bertz CT molecular complexity index is 138. The molecule has 1 amide bonds. The van der Waals surface area contributed by atoms with Crippen molar-refractivity contribution in [1.82, 2.24) is 4.90 Å². The average molecular weight is 125 g/mol.